The predicted octanol–water partition coefficient (Wildman–Crippen LogP) is -0.550. The van der Waals surface area contributed by atoms with Crippen molar-refractivity contribution in [1.29, 1.82) is 0 Å². The van der Waals surface area contributed by atoms with Gasteiger partial charge in [-0.05, 0) is 0 Å². The minimum atomic E-state index is -4.32. The van der Waals surface area contributed by atoms with Crippen molar-refractivity contribution in [1.82, 2.24) is 19.5 Å². The molecule has 1 aliphatic heterocycles. The zero-order valence-electron chi connectivity index (χ0n) is 14.4. The maximum absolute atomic E-state index is 12.0. The van der Waals surface area contributed by atoms with Gasteiger partial charge in [0.1, 0.15) is 0 Å². The Morgan fingerprint density at radius 3 is 2.77 bits per heavy atom. The van der Waals surface area contributed by atoms with E-state index in [0.717, 1.165) is 7.11 Å². The summed E-state index contributed by atoms with van der Waals surface area (Å²) in [7, 11) is -1.74. The van der Waals surface area contributed by atoms with E-state index in [-0.39, 0.29) is 17.1 Å². The van der Waals surface area contributed by atoms with Gasteiger partial charge in [0, 0.05) is 0 Å². The van der Waals surface area contributed by atoms with Gasteiger partial charge in [-0.15, -0.1) is 0 Å². The molecule has 12 nitrogen and oxygen atoms in total. The average Bonchev–Trinajstić information content (AvgIpc) is 3.15. The van der Waals surface area contributed by atoms with Gasteiger partial charge in [-0.25, -0.2) is 0 Å². The van der Waals surface area contributed by atoms with E-state index in [1.807, 2.05) is 6.92 Å². The Hall–Kier alpha value is -1.66. The molecule has 5 N–H and O–H groups in total. The molecule has 1 aliphatic rings. The molecule has 4 atom stereocenters. The standard InChI is InChI=1S/C13H22N5O7P/c1-4-6-8(25-26(20,21)23-3)9(22-2)12(24-6)18-5-15-7-10(18)16-13(14)17-11(7)19/h5-6,8-9,12,20-21,26H,4H2,1-3H3,(H3,14,16,17,19)/t6-,8?,9?,12-/m1/s1. The number of fused-ring (bicyclic) bond motifs is 1. The monoisotopic (exact) mass is 391 g/mol. The molecule has 1 saturated heterocycles. The Morgan fingerprint density at radius 1 is 1.42 bits per heavy atom. The van der Waals surface area contributed by atoms with Gasteiger partial charge in [0.2, 0.25) is 0 Å². The molecule has 26 heavy (non-hydrogen) atoms. The van der Waals surface area contributed by atoms with Crippen LogP contribution < -0.4 is 11.3 Å². The molecule has 2 unspecified atom stereocenters. The van der Waals surface area contributed by atoms with Gasteiger partial charge in [0.05, 0.1) is 0 Å². The van der Waals surface area contributed by atoms with E-state index in [1.54, 1.807) is 0 Å². The number of imidazole rings is 1. The first-order valence-corrected chi connectivity index (χ1v) is 9.60. The number of H-pyrrole nitrogens is 1. The maximum atomic E-state index is 12.0. The molecule has 3 heterocycles. The van der Waals surface area contributed by atoms with Crippen molar-refractivity contribution in [3.05, 3.63) is 16.7 Å². The van der Waals surface area contributed by atoms with Crippen molar-refractivity contribution in [2.45, 2.75) is 37.9 Å². The minimum absolute atomic E-state index is 0.0624. The third-order valence-electron chi connectivity index (χ3n) is 4.24. The Bertz CT molecular complexity index is 840. The van der Waals surface area contributed by atoms with Crippen LogP contribution in [0, 0.1) is 0 Å². The topological polar surface area (TPSA) is 167 Å². The second-order valence-electron chi connectivity index (χ2n) is 5.78. The molecule has 1 fully saturated rings. The van der Waals surface area contributed by atoms with Gasteiger partial charge in [0.15, 0.2) is 0 Å². The summed E-state index contributed by atoms with van der Waals surface area (Å²) in [6.07, 6.45) is -0.928. The van der Waals surface area contributed by atoms with E-state index < -0.39 is 38.3 Å². The van der Waals surface area contributed by atoms with E-state index in [4.69, 9.17) is 19.7 Å². The van der Waals surface area contributed by atoms with Gasteiger partial charge < -0.3 is 0 Å². The van der Waals surface area contributed by atoms with Crippen molar-refractivity contribution in [2.24, 2.45) is 0 Å². The Balaban J connectivity index is 2.01. The van der Waals surface area contributed by atoms with Crippen LogP contribution >= 0.6 is 8.17 Å². The van der Waals surface area contributed by atoms with Gasteiger partial charge in [-0.3, -0.25) is 0 Å². The second kappa shape index (κ2) is 7.16. The summed E-state index contributed by atoms with van der Waals surface area (Å²) >= 11 is 0. The third-order valence-corrected chi connectivity index (χ3v) is 5.35. The van der Waals surface area contributed by atoms with Crippen LogP contribution in [0.15, 0.2) is 11.1 Å². The first kappa shape index (κ1) is 19.1. The number of nitrogens with one attached hydrogen (secondary N) is 1. The fraction of sp³-hybridized carbons (Fsp3) is 0.615. The number of aromatic amines is 1. The molecule has 0 aliphatic carbocycles. The molecular weight excluding hydrogens is 369 g/mol. The number of methoxy groups -OCH3 is 1. The predicted molar refractivity (Wildman–Crippen MR) is 92.2 cm³/mol. The van der Waals surface area contributed by atoms with Gasteiger partial charge in [0.25, 0.3) is 0 Å². The normalized spacial score (nSPS) is 27.3. The second-order valence-corrected chi connectivity index (χ2v) is 7.52. The number of nitrogen functional groups attached to an aromatic ring is 1. The molecular formula is C13H22N5O7P. The van der Waals surface area contributed by atoms with E-state index in [2.05, 4.69) is 19.5 Å². The number of nitrogens with zero attached hydrogens (tertiary/aromatic N) is 3. The summed E-state index contributed by atoms with van der Waals surface area (Å²) in [6.45, 7) is 1.86. The van der Waals surface area contributed by atoms with Crippen molar-refractivity contribution < 1.29 is 28.3 Å². The summed E-state index contributed by atoms with van der Waals surface area (Å²) in [4.78, 5) is 42.1. The van der Waals surface area contributed by atoms with Crippen molar-refractivity contribution in [2.75, 3.05) is 20.0 Å². The van der Waals surface area contributed by atoms with Crippen LogP contribution in [0.4, 0.5) is 5.95 Å². The number of nitrogens with two attached hydrogens (primary N) is 1. The first-order valence-electron chi connectivity index (χ1n) is 7.89. The van der Waals surface area contributed by atoms with Crippen molar-refractivity contribution in [3.8, 4) is 0 Å². The number of hydrogen-bond donors (Lipinski definition) is 4. The fourth-order valence-corrected chi connectivity index (χ4v) is 3.75. The van der Waals surface area contributed by atoms with Gasteiger partial charge in [-0.1, -0.05) is 0 Å². The molecule has 2 aromatic rings. The van der Waals surface area contributed by atoms with Crippen LogP contribution in [0.25, 0.3) is 11.2 Å². The number of ether oxygens (including phenoxy) is 2. The molecule has 2 aromatic heterocycles. The summed E-state index contributed by atoms with van der Waals surface area (Å²) < 4.78 is 23.0. The Kier molecular flexibility index (Phi) is 5.26. The van der Waals surface area contributed by atoms with E-state index in [0.29, 0.717) is 6.42 Å². The molecule has 0 saturated carbocycles. The molecule has 0 bridgehead atoms. The quantitative estimate of drug-likeness (QED) is 0.469. The SMILES string of the molecule is CC[C@H]1O[C@@H](n2cnc3c(=O)[nH]c(N)nc32)C(OC)C1O[PH](O)(O)OC. The molecule has 0 amide bonds. The summed E-state index contributed by atoms with van der Waals surface area (Å²) in [6, 6.07) is 0. The number of hydrogen-bond acceptors (Lipinski definition) is 10. The van der Waals surface area contributed by atoms with Gasteiger partial charge in [-0.2, -0.15) is 0 Å². The van der Waals surface area contributed by atoms with Crippen LogP contribution in [0.1, 0.15) is 19.6 Å². The van der Waals surface area contributed by atoms with E-state index in [1.165, 1.54) is 18.0 Å². The van der Waals surface area contributed by atoms with E-state index in [9.17, 15) is 14.6 Å². The van der Waals surface area contributed by atoms with Crippen LogP contribution in [0.2, 0.25) is 0 Å². The summed E-state index contributed by atoms with van der Waals surface area (Å²) in [5.41, 5.74) is 5.46. The number of aromatic nitrogens is 4. The third kappa shape index (κ3) is 3.32. The van der Waals surface area contributed by atoms with Crippen molar-refractivity contribution >= 4 is 25.3 Å². The number of anilines is 1. The van der Waals surface area contributed by atoms with Crippen LogP contribution in [-0.2, 0) is 18.5 Å². The number of rotatable bonds is 6. The molecule has 3 rings (SSSR count). The first-order chi connectivity index (χ1) is 12.3. The molecule has 13 heteroatoms. The van der Waals surface area contributed by atoms with Gasteiger partial charge >= 0.3 is 148 Å². The fourth-order valence-electron chi connectivity index (χ4n) is 3.01. The summed E-state index contributed by atoms with van der Waals surface area (Å²) in [5, 5.41) is 0. The zero-order chi connectivity index (χ0) is 19.1. The molecule has 0 spiro atoms. The Morgan fingerprint density at radius 2 is 2.15 bits per heavy atom. The molecule has 0 aromatic carbocycles. The van der Waals surface area contributed by atoms with Crippen LogP contribution in [-0.4, -0.2) is 61.8 Å². The average molecular weight is 391 g/mol. The van der Waals surface area contributed by atoms with Crippen LogP contribution in [0.3, 0.4) is 0 Å². The zero-order valence-corrected chi connectivity index (χ0v) is 15.4. The molecule has 0 radical (unpaired) electrons. The molecule has 146 valence electrons. The van der Waals surface area contributed by atoms with E-state index >= 15 is 0 Å². The summed E-state index contributed by atoms with van der Waals surface area (Å²) in [5.74, 6) is -0.0624. The Labute approximate surface area is 148 Å². The van der Waals surface area contributed by atoms with Crippen molar-refractivity contribution in [3.63, 3.8) is 0 Å². The van der Waals surface area contributed by atoms with Crippen LogP contribution in [0.5, 0.6) is 0 Å².